The second-order valence-corrected chi connectivity index (χ2v) is 0.976. The van der Waals surface area contributed by atoms with Gasteiger partial charge in [-0.05, 0) is 0 Å². The molecule has 0 aromatic rings. The average molecular weight is 125 g/mol. The highest BCUT2D eigenvalue weighted by atomic mass is 14.6. The number of aliphatic imine (C=N–C) groups is 1. The number of rotatable bonds is 2. The van der Waals surface area contributed by atoms with Crippen LogP contribution in [-0.2, 0) is 0 Å². The molecule has 3 heteroatoms. The Labute approximate surface area is 55.1 Å². The van der Waals surface area contributed by atoms with Gasteiger partial charge in [0.05, 0.1) is 0 Å². The van der Waals surface area contributed by atoms with E-state index in [0.29, 0.717) is 0 Å². The van der Waals surface area contributed by atoms with Crippen molar-refractivity contribution in [3.8, 4) is 0 Å². The van der Waals surface area contributed by atoms with Crippen molar-refractivity contribution in [2.45, 2.75) is 0 Å². The normalized spacial score (nSPS) is 7.22. The lowest BCUT2D eigenvalue weighted by molar-refractivity contribution is 1.48. The number of hydrogen-bond acceptors (Lipinski definition) is 3. The van der Waals surface area contributed by atoms with Gasteiger partial charge in [0, 0.05) is 25.7 Å². The van der Waals surface area contributed by atoms with Crippen LogP contribution in [0, 0.1) is 10.8 Å². The topological polar surface area (TPSA) is 60.1 Å². The molecule has 0 fully saturated rings. The average Bonchev–Trinajstić information content (AvgIpc) is 1.91. The second kappa shape index (κ2) is 15.9. The third-order valence-electron chi connectivity index (χ3n) is 0.338. The molecule has 0 aliphatic heterocycles. The van der Waals surface area contributed by atoms with Crippen LogP contribution in [0.1, 0.15) is 0 Å². The first-order valence-corrected chi connectivity index (χ1v) is 2.36. The van der Waals surface area contributed by atoms with E-state index >= 15 is 0 Å². The molecule has 0 aromatic heterocycles. The van der Waals surface area contributed by atoms with Gasteiger partial charge in [0.2, 0.25) is 0 Å². The second-order valence-electron chi connectivity index (χ2n) is 0.976. The van der Waals surface area contributed by atoms with Crippen molar-refractivity contribution in [3.63, 3.8) is 0 Å². The summed E-state index contributed by atoms with van der Waals surface area (Å²) in [6.45, 7) is 3.40. The van der Waals surface area contributed by atoms with Crippen molar-refractivity contribution in [2.24, 2.45) is 4.99 Å². The van der Waals surface area contributed by atoms with Gasteiger partial charge in [0.25, 0.3) is 0 Å². The molecule has 9 heavy (non-hydrogen) atoms. The largest absolute Gasteiger partial charge is 0.307 e. The van der Waals surface area contributed by atoms with Gasteiger partial charge in [0.1, 0.15) is 0 Å². The zero-order chi connectivity index (χ0) is 7.54. The summed E-state index contributed by atoms with van der Waals surface area (Å²) in [5.74, 6) is 0. The van der Waals surface area contributed by atoms with E-state index in [9.17, 15) is 0 Å². The molecular formula is C6H11N3. The molecule has 50 valence electrons. The minimum absolute atomic E-state index is 0.917. The molecule has 0 aliphatic rings. The van der Waals surface area contributed by atoms with Crippen LogP contribution in [0.5, 0.6) is 0 Å². The molecule has 0 heterocycles. The summed E-state index contributed by atoms with van der Waals surface area (Å²) in [5, 5.41) is 12.2. The Balaban J connectivity index is 0. The van der Waals surface area contributed by atoms with Gasteiger partial charge in [-0.15, -0.1) is 0 Å². The van der Waals surface area contributed by atoms with Crippen molar-refractivity contribution in [3.05, 3.63) is 12.7 Å². The van der Waals surface area contributed by atoms with Crippen molar-refractivity contribution in [2.75, 3.05) is 7.05 Å². The van der Waals surface area contributed by atoms with Crippen molar-refractivity contribution in [1.29, 1.82) is 10.8 Å². The van der Waals surface area contributed by atoms with Crippen molar-refractivity contribution < 1.29 is 0 Å². The minimum Gasteiger partial charge on any atom is -0.307 e. The van der Waals surface area contributed by atoms with E-state index in [0.717, 1.165) is 12.4 Å². The molecular weight excluding hydrogens is 114 g/mol. The Hall–Kier alpha value is -1.25. The Bertz CT molecular complexity index is 98.9. The van der Waals surface area contributed by atoms with E-state index in [1.165, 1.54) is 0 Å². The van der Waals surface area contributed by atoms with Crippen LogP contribution >= 0.6 is 0 Å². The third-order valence-corrected chi connectivity index (χ3v) is 0.338. The highest BCUT2D eigenvalue weighted by Crippen LogP contribution is 1.48. The molecule has 0 rings (SSSR count). The van der Waals surface area contributed by atoms with E-state index < -0.39 is 0 Å². The minimum atomic E-state index is 0.917. The van der Waals surface area contributed by atoms with Gasteiger partial charge in [0.15, 0.2) is 0 Å². The number of nitrogens with zero attached hydrogens (tertiary/aromatic N) is 1. The molecule has 0 atom stereocenters. The summed E-state index contributed by atoms with van der Waals surface area (Å²) in [5.41, 5.74) is 0. The predicted molar refractivity (Wildman–Crippen MR) is 42.2 cm³/mol. The van der Waals surface area contributed by atoms with E-state index in [1.54, 1.807) is 19.3 Å². The highest BCUT2D eigenvalue weighted by molar-refractivity contribution is 6.12. The molecule has 0 saturated heterocycles. The molecule has 0 aliphatic carbocycles. The Kier molecular flexibility index (Phi) is 18.8. The highest BCUT2D eigenvalue weighted by Gasteiger charge is 1.41. The summed E-state index contributed by atoms with van der Waals surface area (Å²) in [4.78, 5) is 3.61. The summed E-state index contributed by atoms with van der Waals surface area (Å²) < 4.78 is 0. The van der Waals surface area contributed by atoms with E-state index in [2.05, 4.69) is 11.6 Å². The maximum atomic E-state index is 6.08. The SMILES string of the molecule is C=CC=NC.N=CC=N. The Morgan fingerprint density at radius 3 is 1.78 bits per heavy atom. The lowest BCUT2D eigenvalue weighted by Crippen LogP contribution is -1.58. The van der Waals surface area contributed by atoms with Crippen LogP contribution in [0.15, 0.2) is 17.6 Å². The molecule has 0 saturated carbocycles. The zero-order valence-electron chi connectivity index (χ0n) is 5.46. The van der Waals surface area contributed by atoms with E-state index in [-0.39, 0.29) is 0 Å². The van der Waals surface area contributed by atoms with Gasteiger partial charge in [-0.3, -0.25) is 4.99 Å². The van der Waals surface area contributed by atoms with E-state index in [1.807, 2.05) is 0 Å². The molecule has 0 bridgehead atoms. The van der Waals surface area contributed by atoms with Crippen molar-refractivity contribution >= 4 is 18.6 Å². The smallest absolute Gasteiger partial charge is 0.0353 e. The number of nitrogens with one attached hydrogen (secondary N) is 2. The lowest BCUT2D eigenvalue weighted by atomic mass is 10.7. The van der Waals surface area contributed by atoms with Crippen molar-refractivity contribution in [1.82, 2.24) is 0 Å². The van der Waals surface area contributed by atoms with Crippen LogP contribution in [0.3, 0.4) is 0 Å². The van der Waals surface area contributed by atoms with Crippen LogP contribution in [-0.4, -0.2) is 25.7 Å². The summed E-state index contributed by atoms with van der Waals surface area (Å²) in [6.07, 6.45) is 5.11. The summed E-state index contributed by atoms with van der Waals surface area (Å²) in [6, 6.07) is 0. The molecule has 0 amide bonds. The first kappa shape index (κ1) is 10.7. The van der Waals surface area contributed by atoms with Crippen LogP contribution in [0.25, 0.3) is 0 Å². The zero-order valence-corrected chi connectivity index (χ0v) is 5.46. The predicted octanol–water partition coefficient (Wildman–Crippen LogP) is 1.16. The first-order chi connectivity index (χ1) is 4.33. The number of hydrogen-bond donors (Lipinski definition) is 2. The van der Waals surface area contributed by atoms with Gasteiger partial charge in [-0.2, -0.15) is 0 Å². The Morgan fingerprint density at radius 2 is 1.78 bits per heavy atom. The number of allylic oxidation sites excluding steroid dienone is 1. The monoisotopic (exact) mass is 125 g/mol. The van der Waals surface area contributed by atoms with Crippen LogP contribution < -0.4 is 0 Å². The molecule has 0 spiro atoms. The molecule has 0 unspecified atom stereocenters. The van der Waals surface area contributed by atoms with Crippen LogP contribution in [0.4, 0.5) is 0 Å². The quantitative estimate of drug-likeness (QED) is 0.520. The lowest BCUT2D eigenvalue weighted by Gasteiger charge is -1.58. The third kappa shape index (κ3) is 49.7. The van der Waals surface area contributed by atoms with E-state index in [4.69, 9.17) is 10.8 Å². The van der Waals surface area contributed by atoms with Gasteiger partial charge >= 0.3 is 0 Å². The standard InChI is InChI=1S/C4H7N.C2H4N2/c1-3-4-5-2;3-1-2-4/h3-4H,1H2,2H3;1-4H. The molecule has 2 N–H and O–H groups in total. The Morgan fingerprint density at radius 1 is 1.33 bits per heavy atom. The summed E-state index contributed by atoms with van der Waals surface area (Å²) in [7, 11) is 1.71. The maximum absolute atomic E-state index is 6.08. The molecule has 3 nitrogen and oxygen atoms in total. The van der Waals surface area contributed by atoms with Gasteiger partial charge in [-0.25, -0.2) is 0 Å². The fraction of sp³-hybridized carbons (Fsp3) is 0.167. The fourth-order valence-electron chi connectivity index (χ4n) is 0.105. The van der Waals surface area contributed by atoms with Crippen LogP contribution in [0.2, 0.25) is 0 Å². The first-order valence-electron chi connectivity index (χ1n) is 2.36. The maximum Gasteiger partial charge on any atom is 0.0353 e. The van der Waals surface area contributed by atoms with Gasteiger partial charge < -0.3 is 10.8 Å². The molecule has 0 radical (unpaired) electrons. The van der Waals surface area contributed by atoms with Gasteiger partial charge in [-0.1, -0.05) is 12.7 Å². The fourth-order valence-corrected chi connectivity index (χ4v) is 0.105. The molecule has 0 aromatic carbocycles. The summed E-state index contributed by atoms with van der Waals surface area (Å²) >= 11 is 0.